The van der Waals surface area contributed by atoms with Crippen LogP contribution in [-0.2, 0) is 0 Å². The molecule has 26 heavy (non-hydrogen) atoms. The van der Waals surface area contributed by atoms with E-state index < -0.39 is 0 Å². The van der Waals surface area contributed by atoms with Crippen LogP contribution in [-0.4, -0.2) is 0 Å². The maximum absolute atomic E-state index is 2.55. The fourth-order valence-electron chi connectivity index (χ4n) is 4.28. The molecule has 0 heteroatoms. The van der Waals surface area contributed by atoms with Gasteiger partial charge in [0.1, 0.15) is 0 Å². The molecule has 146 valence electrons. The van der Waals surface area contributed by atoms with Gasteiger partial charge in [0.25, 0.3) is 0 Å². The number of hydrogen-bond donors (Lipinski definition) is 0. The summed E-state index contributed by atoms with van der Waals surface area (Å²) in [5.41, 5.74) is 8.67. The first-order valence-electron chi connectivity index (χ1n) is 10.3. The third-order valence-corrected chi connectivity index (χ3v) is 5.78. The van der Waals surface area contributed by atoms with Crippen molar-refractivity contribution in [3.63, 3.8) is 0 Å². The average Bonchev–Trinajstić information content (AvgIpc) is 3.00. The average molecular weight is 355 g/mol. The van der Waals surface area contributed by atoms with Gasteiger partial charge in [-0.2, -0.15) is 0 Å². The quantitative estimate of drug-likeness (QED) is 0.444. The molecule has 0 atom stereocenters. The summed E-state index contributed by atoms with van der Waals surface area (Å²) in [6, 6.07) is 0. The third kappa shape index (κ3) is 4.26. The van der Waals surface area contributed by atoms with Gasteiger partial charge >= 0.3 is 0 Å². The van der Waals surface area contributed by atoms with Crippen molar-refractivity contribution in [1.82, 2.24) is 0 Å². The van der Waals surface area contributed by atoms with Crippen LogP contribution in [0.4, 0.5) is 0 Å². The Morgan fingerprint density at radius 2 is 1.04 bits per heavy atom. The minimum Gasteiger partial charge on any atom is -0.0695 e. The molecule has 0 fully saturated rings. The van der Waals surface area contributed by atoms with Crippen LogP contribution >= 0.6 is 0 Å². The monoisotopic (exact) mass is 354 g/mol. The molecule has 0 saturated carbocycles. The Bertz CT molecular complexity index is 659. The summed E-state index contributed by atoms with van der Waals surface area (Å²) in [6.07, 6.45) is 8.77. The van der Waals surface area contributed by atoms with Gasteiger partial charge in [0.05, 0.1) is 0 Å². The van der Waals surface area contributed by atoms with Gasteiger partial charge in [-0.3, -0.25) is 0 Å². The van der Waals surface area contributed by atoms with Gasteiger partial charge in [-0.1, -0.05) is 112 Å². The zero-order valence-corrected chi connectivity index (χ0v) is 19.5. The van der Waals surface area contributed by atoms with Crippen molar-refractivity contribution < 1.29 is 0 Å². The highest BCUT2D eigenvalue weighted by Gasteiger charge is 2.37. The smallest absolute Gasteiger partial charge is 0.0175 e. The first-order valence-corrected chi connectivity index (χ1v) is 10.3. The molecular weight excluding hydrogens is 312 g/mol. The Hall–Kier alpha value is -1.04. The fourth-order valence-corrected chi connectivity index (χ4v) is 4.28. The fraction of sp³-hybridized carbons (Fsp3) is 0.692. The minimum absolute atomic E-state index is 0.195. The SMILES string of the molecule is CC(C)(C)C1=CC(C2=CC(C(C)(C)C)=C(C(C)(C)C)C2)C=C1C(C)(C)C. The summed E-state index contributed by atoms with van der Waals surface area (Å²) in [6.45, 7) is 28.3. The topological polar surface area (TPSA) is 0 Å². The van der Waals surface area contributed by atoms with Gasteiger partial charge in [0, 0.05) is 5.92 Å². The molecule has 0 aromatic rings. The molecule has 0 aromatic carbocycles. The van der Waals surface area contributed by atoms with Crippen LogP contribution in [0, 0.1) is 27.6 Å². The van der Waals surface area contributed by atoms with Crippen LogP contribution in [0.3, 0.4) is 0 Å². The largest absolute Gasteiger partial charge is 0.0695 e. The minimum atomic E-state index is 0.195. The Balaban J connectivity index is 2.48. The van der Waals surface area contributed by atoms with Gasteiger partial charge in [0.15, 0.2) is 0 Å². The summed E-state index contributed by atoms with van der Waals surface area (Å²) < 4.78 is 0. The molecule has 0 nitrogen and oxygen atoms in total. The molecule has 0 radical (unpaired) electrons. The summed E-state index contributed by atoms with van der Waals surface area (Å²) in [7, 11) is 0. The van der Waals surface area contributed by atoms with Crippen LogP contribution in [0.1, 0.15) is 89.5 Å². The Kier molecular flexibility index (Phi) is 5.11. The Morgan fingerprint density at radius 3 is 1.31 bits per heavy atom. The van der Waals surface area contributed by atoms with Crippen molar-refractivity contribution in [1.29, 1.82) is 0 Å². The zero-order valence-electron chi connectivity index (χ0n) is 19.5. The third-order valence-electron chi connectivity index (χ3n) is 5.78. The summed E-state index contributed by atoms with van der Waals surface area (Å²) in [4.78, 5) is 0. The first-order chi connectivity index (χ1) is 11.4. The Morgan fingerprint density at radius 1 is 0.615 bits per heavy atom. The van der Waals surface area contributed by atoms with Gasteiger partial charge in [0.2, 0.25) is 0 Å². The van der Waals surface area contributed by atoms with Crippen molar-refractivity contribution in [3.05, 3.63) is 46.1 Å². The van der Waals surface area contributed by atoms with Crippen LogP contribution in [0.2, 0.25) is 0 Å². The molecule has 0 aliphatic heterocycles. The van der Waals surface area contributed by atoms with Crippen molar-refractivity contribution in [2.24, 2.45) is 27.6 Å². The first kappa shape index (κ1) is 21.3. The van der Waals surface area contributed by atoms with E-state index in [4.69, 9.17) is 0 Å². The van der Waals surface area contributed by atoms with E-state index in [1.807, 2.05) is 0 Å². The van der Waals surface area contributed by atoms with E-state index in [0.29, 0.717) is 5.92 Å². The highest BCUT2D eigenvalue weighted by molar-refractivity contribution is 5.53. The van der Waals surface area contributed by atoms with E-state index in [-0.39, 0.29) is 21.7 Å². The molecule has 2 aliphatic rings. The molecule has 0 amide bonds. The lowest BCUT2D eigenvalue weighted by atomic mass is 9.74. The van der Waals surface area contributed by atoms with Crippen molar-refractivity contribution >= 4 is 0 Å². The molecule has 0 N–H and O–H groups in total. The van der Waals surface area contributed by atoms with Crippen LogP contribution in [0.15, 0.2) is 46.1 Å². The molecule has 0 saturated heterocycles. The van der Waals surface area contributed by atoms with Gasteiger partial charge in [-0.05, 0) is 44.8 Å². The van der Waals surface area contributed by atoms with Crippen LogP contribution < -0.4 is 0 Å². The maximum Gasteiger partial charge on any atom is 0.0175 e. The molecule has 2 aliphatic carbocycles. The zero-order chi connectivity index (χ0) is 20.3. The molecule has 0 aromatic heterocycles. The number of rotatable bonds is 1. The van der Waals surface area contributed by atoms with Crippen LogP contribution in [0.25, 0.3) is 0 Å². The van der Waals surface area contributed by atoms with Crippen molar-refractivity contribution in [2.75, 3.05) is 0 Å². The predicted molar refractivity (Wildman–Crippen MR) is 117 cm³/mol. The van der Waals surface area contributed by atoms with E-state index in [2.05, 4.69) is 101 Å². The second kappa shape index (κ2) is 6.25. The van der Waals surface area contributed by atoms with E-state index in [0.717, 1.165) is 6.42 Å². The molecule has 0 bridgehead atoms. The second-order valence-electron chi connectivity index (χ2n) is 12.5. The van der Waals surface area contributed by atoms with Gasteiger partial charge in [-0.15, -0.1) is 0 Å². The van der Waals surface area contributed by atoms with Crippen molar-refractivity contribution in [2.45, 2.75) is 89.5 Å². The van der Waals surface area contributed by atoms with Crippen molar-refractivity contribution in [3.8, 4) is 0 Å². The number of hydrogen-bond acceptors (Lipinski definition) is 0. The highest BCUT2D eigenvalue weighted by atomic mass is 14.4. The normalized spacial score (nSPS) is 20.5. The standard InChI is InChI=1S/C26H42/c1-23(2,3)19-13-17(14-20(19)24(4,5)6)18-15-21(25(7,8)9)22(16-18)26(10,11)12/h13-15,17H,16H2,1-12H3. The van der Waals surface area contributed by atoms with E-state index in [9.17, 15) is 0 Å². The van der Waals surface area contributed by atoms with Gasteiger partial charge in [-0.25, -0.2) is 0 Å². The van der Waals surface area contributed by atoms with E-state index >= 15 is 0 Å². The van der Waals surface area contributed by atoms with E-state index in [1.54, 1.807) is 16.7 Å². The molecule has 0 unspecified atom stereocenters. The molecule has 2 rings (SSSR count). The van der Waals surface area contributed by atoms with Gasteiger partial charge < -0.3 is 0 Å². The lowest BCUT2D eigenvalue weighted by molar-refractivity contribution is 0.449. The maximum atomic E-state index is 2.55. The Labute approximate surface area is 163 Å². The van der Waals surface area contributed by atoms with Crippen LogP contribution in [0.5, 0.6) is 0 Å². The second-order valence-corrected chi connectivity index (χ2v) is 12.5. The molecular formula is C26H42. The highest BCUT2D eigenvalue weighted by Crippen LogP contribution is 2.51. The summed E-state index contributed by atoms with van der Waals surface area (Å²) in [5.74, 6) is 0.454. The number of allylic oxidation sites excluding steroid dienone is 8. The summed E-state index contributed by atoms with van der Waals surface area (Å²) in [5, 5.41) is 0. The molecule has 0 spiro atoms. The van der Waals surface area contributed by atoms with E-state index in [1.165, 1.54) is 11.1 Å². The molecule has 0 heterocycles. The summed E-state index contributed by atoms with van der Waals surface area (Å²) >= 11 is 0. The lowest BCUT2D eigenvalue weighted by Gasteiger charge is -2.31. The predicted octanol–water partition coefficient (Wildman–Crippen LogP) is 8.28. The lowest BCUT2D eigenvalue weighted by Crippen LogP contribution is -2.18.